The highest BCUT2D eigenvalue weighted by Crippen LogP contribution is 2.20. The molecule has 1 aliphatic rings. The van der Waals surface area contributed by atoms with Crippen molar-refractivity contribution < 1.29 is 0 Å². The minimum absolute atomic E-state index is 0.133. The highest BCUT2D eigenvalue weighted by Gasteiger charge is 2.18. The van der Waals surface area contributed by atoms with Crippen molar-refractivity contribution in [2.45, 2.75) is 19.9 Å². The largest absolute Gasteiger partial charge is 0.354 e. The minimum Gasteiger partial charge on any atom is -0.354 e. The number of hydrogen-bond acceptors (Lipinski definition) is 5. The normalized spacial score (nSPS) is 14.9. The van der Waals surface area contributed by atoms with E-state index in [0.717, 1.165) is 61.2 Å². The van der Waals surface area contributed by atoms with E-state index in [-0.39, 0.29) is 5.56 Å². The summed E-state index contributed by atoms with van der Waals surface area (Å²) in [5.41, 5.74) is 2.71. The number of H-pyrrole nitrogens is 1. The van der Waals surface area contributed by atoms with Gasteiger partial charge in [-0.3, -0.25) is 9.69 Å². The number of rotatable bonds is 5. The first-order chi connectivity index (χ1) is 14.1. The molecule has 3 heterocycles. The van der Waals surface area contributed by atoms with Gasteiger partial charge < -0.3 is 9.88 Å². The van der Waals surface area contributed by atoms with Gasteiger partial charge in [0, 0.05) is 61.3 Å². The van der Waals surface area contributed by atoms with Crippen molar-refractivity contribution in [1.29, 1.82) is 0 Å². The third kappa shape index (κ3) is 4.83. The van der Waals surface area contributed by atoms with Crippen LogP contribution in [-0.2, 0) is 13.0 Å². The summed E-state index contributed by atoms with van der Waals surface area (Å²) in [5, 5.41) is 0.783. The van der Waals surface area contributed by atoms with Crippen LogP contribution >= 0.6 is 11.6 Å². The quantitative estimate of drug-likeness (QED) is 0.699. The molecule has 0 atom stereocenters. The molecule has 2 aromatic heterocycles. The third-order valence-corrected chi connectivity index (χ3v) is 5.40. The summed E-state index contributed by atoms with van der Waals surface area (Å²) in [6, 6.07) is 13.6. The van der Waals surface area contributed by atoms with E-state index in [1.807, 2.05) is 37.3 Å². The van der Waals surface area contributed by atoms with Gasteiger partial charge in [-0.25, -0.2) is 9.97 Å². The molecular weight excluding hydrogens is 386 g/mol. The number of nitrogens with zero attached hydrogens (tertiary/aromatic N) is 4. The van der Waals surface area contributed by atoms with Gasteiger partial charge in [-0.1, -0.05) is 30.7 Å². The molecule has 7 heteroatoms. The summed E-state index contributed by atoms with van der Waals surface area (Å²) in [4.78, 5) is 28.4. The lowest BCUT2D eigenvalue weighted by Crippen LogP contribution is -2.46. The van der Waals surface area contributed by atoms with Gasteiger partial charge in [0.15, 0.2) is 0 Å². The van der Waals surface area contributed by atoms with E-state index < -0.39 is 0 Å². The van der Waals surface area contributed by atoms with Crippen molar-refractivity contribution in [3.8, 4) is 11.4 Å². The summed E-state index contributed by atoms with van der Waals surface area (Å²) in [6.07, 6.45) is 2.51. The Labute approximate surface area is 175 Å². The monoisotopic (exact) mass is 409 g/mol. The first-order valence-corrected chi connectivity index (χ1v) is 10.3. The van der Waals surface area contributed by atoms with Gasteiger partial charge in [0.2, 0.25) is 0 Å². The van der Waals surface area contributed by atoms with Crippen molar-refractivity contribution in [2.75, 3.05) is 31.1 Å². The Morgan fingerprint density at radius 1 is 1.10 bits per heavy atom. The molecule has 6 nitrogen and oxygen atoms in total. The van der Waals surface area contributed by atoms with Crippen LogP contribution in [0, 0.1) is 0 Å². The summed E-state index contributed by atoms with van der Waals surface area (Å²) < 4.78 is 0. The predicted octanol–water partition coefficient (Wildman–Crippen LogP) is 3.37. The van der Waals surface area contributed by atoms with E-state index in [2.05, 4.69) is 30.8 Å². The van der Waals surface area contributed by atoms with Gasteiger partial charge in [-0.05, 0) is 36.2 Å². The number of anilines is 1. The van der Waals surface area contributed by atoms with Crippen LogP contribution in [0.4, 0.5) is 5.82 Å². The minimum atomic E-state index is -0.133. The highest BCUT2D eigenvalue weighted by atomic mass is 35.5. The van der Waals surface area contributed by atoms with Crippen molar-refractivity contribution in [3.63, 3.8) is 0 Å². The molecule has 0 bridgehead atoms. The molecular formula is C22H24ClN5O. The van der Waals surface area contributed by atoms with Crippen molar-refractivity contribution in [2.24, 2.45) is 0 Å². The van der Waals surface area contributed by atoms with Crippen molar-refractivity contribution >= 4 is 17.4 Å². The van der Waals surface area contributed by atoms with Gasteiger partial charge in [0.1, 0.15) is 11.6 Å². The Kier molecular flexibility index (Phi) is 5.92. The molecule has 1 N–H and O–H groups in total. The molecule has 0 saturated carbocycles. The van der Waals surface area contributed by atoms with Crippen LogP contribution in [0.3, 0.4) is 0 Å². The predicted molar refractivity (Wildman–Crippen MR) is 116 cm³/mol. The van der Waals surface area contributed by atoms with E-state index in [9.17, 15) is 4.79 Å². The lowest BCUT2D eigenvalue weighted by molar-refractivity contribution is 0.249. The summed E-state index contributed by atoms with van der Waals surface area (Å²) in [5.74, 6) is 1.52. The van der Waals surface area contributed by atoms with E-state index >= 15 is 0 Å². The molecule has 0 spiro atoms. The molecule has 29 heavy (non-hydrogen) atoms. The number of aromatic amines is 1. The average molecular weight is 410 g/mol. The number of aryl methyl sites for hydroxylation is 1. The second-order valence-electron chi connectivity index (χ2n) is 7.24. The second kappa shape index (κ2) is 8.76. The number of halogens is 1. The van der Waals surface area contributed by atoms with Crippen LogP contribution in [0.5, 0.6) is 0 Å². The van der Waals surface area contributed by atoms with Gasteiger partial charge in [-0.2, -0.15) is 0 Å². The maximum Gasteiger partial charge on any atom is 0.251 e. The molecule has 1 aliphatic heterocycles. The molecule has 1 fully saturated rings. The zero-order valence-electron chi connectivity index (χ0n) is 16.4. The number of piperazine rings is 1. The van der Waals surface area contributed by atoms with Crippen LogP contribution in [0.25, 0.3) is 11.4 Å². The lowest BCUT2D eigenvalue weighted by Gasteiger charge is -2.35. The Morgan fingerprint density at radius 2 is 1.93 bits per heavy atom. The van der Waals surface area contributed by atoms with Crippen molar-refractivity contribution in [3.05, 3.63) is 75.3 Å². The van der Waals surface area contributed by atoms with Crippen LogP contribution < -0.4 is 10.5 Å². The molecule has 0 unspecified atom stereocenters. The molecule has 0 radical (unpaired) electrons. The zero-order chi connectivity index (χ0) is 20.2. The van der Waals surface area contributed by atoms with E-state index in [4.69, 9.17) is 11.6 Å². The molecule has 1 saturated heterocycles. The fourth-order valence-corrected chi connectivity index (χ4v) is 3.78. The van der Waals surface area contributed by atoms with Gasteiger partial charge in [0.25, 0.3) is 5.56 Å². The van der Waals surface area contributed by atoms with Crippen LogP contribution in [0.15, 0.2) is 53.5 Å². The molecule has 4 rings (SSSR count). The number of aromatic nitrogens is 3. The van der Waals surface area contributed by atoms with Crippen molar-refractivity contribution in [1.82, 2.24) is 19.9 Å². The zero-order valence-corrected chi connectivity index (χ0v) is 17.2. The Balaban J connectivity index is 1.39. The molecule has 0 amide bonds. The van der Waals surface area contributed by atoms with Crippen LogP contribution in [0.1, 0.15) is 18.2 Å². The number of nitrogens with one attached hydrogen (secondary N) is 1. The summed E-state index contributed by atoms with van der Waals surface area (Å²) >= 11 is 6.09. The second-order valence-corrected chi connectivity index (χ2v) is 7.67. The summed E-state index contributed by atoms with van der Waals surface area (Å²) in [6.45, 7) is 6.69. The smallest absolute Gasteiger partial charge is 0.251 e. The standard InChI is InChI=1S/C22H24ClN5O/c1-2-19-13-21(29)26-22(25-19)17-6-7-20(24-14-17)28-10-8-27(9-11-28)15-16-4-3-5-18(23)12-16/h3-7,12-14H,2,8-11,15H2,1H3,(H,25,26,29). The Hall–Kier alpha value is -2.70. The maximum atomic E-state index is 11.8. The topological polar surface area (TPSA) is 65.1 Å². The van der Waals surface area contributed by atoms with Gasteiger partial charge in [-0.15, -0.1) is 0 Å². The number of hydrogen-bond donors (Lipinski definition) is 1. The fourth-order valence-electron chi connectivity index (χ4n) is 3.57. The van der Waals surface area contributed by atoms with E-state index in [1.165, 1.54) is 11.6 Å². The molecule has 150 valence electrons. The molecule has 1 aromatic carbocycles. The third-order valence-electron chi connectivity index (χ3n) is 5.17. The highest BCUT2D eigenvalue weighted by molar-refractivity contribution is 6.30. The summed E-state index contributed by atoms with van der Waals surface area (Å²) in [7, 11) is 0. The van der Waals surface area contributed by atoms with Gasteiger partial charge in [0.05, 0.1) is 0 Å². The van der Waals surface area contributed by atoms with E-state index in [1.54, 1.807) is 6.20 Å². The number of benzene rings is 1. The first-order valence-electron chi connectivity index (χ1n) is 9.89. The fraction of sp³-hybridized carbons (Fsp3) is 0.318. The lowest BCUT2D eigenvalue weighted by atomic mass is 10.2. The first kappa shape index (κ1) is 19.6. The Bertz CT molecular complexity index is 1030. The average Bonchev–Trinajstić information content (AvgIpc) is 2.74. The SMILES string of the molecule is CCc1cc(=O)[nH]c(-c2ccc(N3CCN(Cc4cccc(Cl)c4)CC3)nc2)n1. The maximum absolute atomic E-state index is 11.8. The molecule has 0 aliphatic carbocycles. The van der Waals surface area contributed by atoms with Crippen LogP contribution in [-0.4, -0.2) is 46.0 Å². The Morgan fingerprint density at radius 3 is 2.62 bits per heavy atom. The van der Waals surface area contributed by atoms with Gasteiger partial charge >= 0.3 is 0 Å². The van der Waals surface area contributed by atoms with E-state index in [0.29, 0.717) is 5.82 Å². The van der Waals surface area contributed by atoms with Crippen LogP contribution in [0.2, 0.25) is 5.02 Å². The number of pyridine rings is 1. The molecule has 3 aromatic rings.